The zero-order valence-electron chi connectivity index (χ0n) is 15.8. The zero-order chi connectivity index (χ0) is 20.7. The molecule has 9 heteroatoms. The van der Waals surface area contributed by atoms with E-state index in [9.17, 15) is 14.9 Å². The van der Waals surface area contributed by atoms with Crippen LogP contribution in [-0.2, 0) is 4.79 Å². The molecule has 0 bridgehead atoms. The van der Waals surface area contributed by atoms with Crippen molar-refractivity contribution in [3.63, 3.8) is 0 Å². The van der Waals surface area contributed by atoms with Crippen molar-refractivity contribution < 1.29 is 28.7 Å². The van der Waals surface area contributed by atoms with E-state index in [-0.39, 0.29) is 11.4 Å². The number of nitro benzene ring substituents is 1. The summed E-state index contributed by atoms with van der Waals surface area (Å²) in [7, 11) is 5.86. The maximum absolute atomic E-state index is 12.2. The van der Waals surface area contributed by atoms with Gasteiger partial charge in [-0.2, -0.15) is 0 Å². The first-order valence-electron chi connectivity index (χ1n) is 8.05. The predicted octanol–water partition coefficient (Wildman–Crippen LogP) is 3.28. The van der Waals surface area contributed by atoms with E-state index < -0.39 is 10.8 Å². The van der Waals surface area contributed by atoms with Gasteiger partial charge >= 0.3 is 0 Å². The molecule has 0 aliphatic heterocycles. The Hall–Kier alpha value is -3.75. The number of non-ortho nitro benzene ring substituents is 1. The third-order valence-electron chi connectivity index (χ3n) is 3.77. The van der Waals surface area contributed by atoms with Crippen molar-refractivity contribution in [3.8, 4) is 23.0 Å². The number of carbonyl (C=O) groups is 1. The number of anilines is 1. The van der Waals surface area contributed by atoms with Gasteiger partial charge in [0, 0.05) is 12.1 Å². The smallest absolute Gasteiger partial charge is 0.273 e. The van der Waals surface area contributed by atoms with Crippen LogP contribution in [0.4, 0.5) is 11.4 Å². The van der Waals surface area contributed by atoms with Crippen molar-refractivity contribution in [2.45, 2.75) is 0 Å². The largest absolute Gasteiger partial charge is 0.494 e. The van der Waals surface area contributed by atoms with Gasteiger partial charge in [-0.05, 0) is 29.8 Å². The van der Waals surface area contributed by atoms with Gasteiger partial charge in [-0.3, -0.25) is 14.9 Å². The van der Waals surface area contributed by atoms with Crippen LogP contribution in [-0.4, -0.2) is 39.3 Å². The van der Waals surface area contributed by atoms with Gasteiger partial charge < -0.3 is 24.3 Å². The Morgan fingerprint density at radius 2 is 1.57 bits per heavy atom. The first-order valence-corrected chi connectivity index (χ1v) is 8.05. The highest BCUT2D eigenvalue weighted by molar-refractivity contribution is 6.03. The molecule has 2 aromatic carbocycles. The molecule has 0 aromatic heterocycles. The lowest BCUT2D eigenvalue weighted by Crippen LogP contribution is -2.09. The molecule has 0 heterocycles. The maximum Gasteiger partial charge on any atom is 0.273 e. The van der Waals surface area contributed by atoms with Gasteiger partial charge in [-0.25, -0.2) is 0 Å². The van der Waals surface area contributed by atoms with Crippen LogP contribution in [0.5, 0.6) is 23.0 Å². The Kier molecular flexibility index (Phi) is 6.80. The quantitative estimate of drug-likeness (QED) is 0.420. The molecule has 0 spiro atoms. The Balaban J connectivity index is 2.21. The molecule has 2 rings (SSSR count). The molecule has 0 unspecified atom stereocenters. The average molecular weight is 388 g/mol. The monoisotopic (exact) mass is 388 g/mol. The van der Waals surface area contributed by atoms with Crippen molar-refractivity contribution >= 4 is 23.4 Å². The summed E-state index contributed by atoms with van der Waals surface area (Å²) in [5.74, 6) is 1.10. The molecule has 148 valence electrons. The minimum atomic E-state index is -0.543. The highest BCUT2D eigenvalue weighted by Crippen LogP contribution is 2.38. The predicted molar refractivity (Wildman–Crippen MR) is 103 cm³/mol. The average Bonchev–Trinajstić information content (AvgIpc) is 2.71. The Bertz CT molecular complexity index is 884. The van der Waals surface area contributed by atoms with E-state index in [0.717, 1.165) is 0 Å². The van der Waals surface area contributed by atoms with E-state index in [1.54, 1.807) is 18.2 Å². The van der Waals surface area contributed by atoms with E-state index in [4.69, 9.17) is 18.9 Å². The molecule has 0 aliphatic carbocycles. The number of ether oxygens (including phenoxy) is 4. The second kappa shape index (κ2) is 9.26. The summed E-state index contributed by atoms with van der Waals surface area (Å²) in [4.78, 5) is 22.5. The molecule has 0 aliphatic rings. The second-order valence-electron chi connectivity index (χ2n) is 5.42. The third kappa shape index (κ3) is 4.70. The normalized spacial score (nSPS) is 10.4. The number of hydrogen-bond donors (Lipinski definition) is 1. The summed E-state index contributed by atoms with van der Waals surface area (Å²) in [5, 5.41) is 13.5. The Morgan fingerprint density at radius 1 is 0.964 bits per heavy atom. The lowest BCUT2D eigenvalue weighted by Gasteiger charge is -2.12. The number of nitro groups is 1. The summed E-state index contributed by atoms with van der Waals surface area (Å²) in [5.41, 5.74) is 0.829. The fraction of sp³-hybridized carbons (Fsp3) is 0.211. The molecule has 0 atom stereocenters. The SMILES string of the molecule is COc1cc([N+](=O)[O-])ccc1NC(=O)C=Cc1cc(OC)c(OC)c(OC)c1. The second-order valence-corrected chi connectivity index (χ2v) is 5.42. The minimum Gasteiger partial charge on any atom is -0.494 e. The number of methoxy groups -OCH3 is 4. The van der Waals surface area contributed by atoms with Gasteiger partial charge in [0.25, 0.3) is 5.69 Å². The number of hydrogen-bond acceptors (Lipinski definition) is 7. The minimum absolute atomic E-state index is 0.136. The van der Waals surface area contributed by atoms with Gasteiger partial charge in [-0.15, -0.1) is 0 Å². The molecular weight excluding hydrogens is 368 g/mol. The van der Waals surface area contributed by atoms with Crippen molar-refractivity contribution in [1.82, 2.24) is 0 Å². The molecule has 1 amide bonds. The molecular formula is C19H20N2O7. The van der Waals surface area contributed by atoms with Gasteiger partial charge in [-0.1, -0.05) is 0 Å². The number of nitrogens with zero attached hydrogens (tertiary/aromatic N) is 1. The lowest BCUT2D eigenvalue weighted by molar-refractivity contribution is -0.384. The molecule has 2 aromatic rings. The first kappa shape index (κ1) is 20.6. The summed E-state index contributed by atoms with van der Waals surface area (Å²) in [6.45, 7) is 0. The van der Waals surface area contributed by atoms with Crippen molar-refractivity contribution in [3.05, 3.63) is 52.1 Å². The van der Waals surface area contributed by atoms with Crippen LogP contribution in [0.3, 0.4) is 0 Å². The van der Waals surface area contributed by atoms with Gasteiger partial charge in [0.2, 0.25) is 11.7 Å². The molecule has 1 N–H and O–H groups in total. The van der Waals surface area contributed by atoms with Crippen molar-refractivity contribution in [2.75, 3.05) is 33.8 Å². The van der Waals surface area contributed by atoms with Crippen LogP contribution in [0.2, 0.25) is 0 Å². The molecule has 0 radical (unpaired) electrons. The maximum atomic E-state index is 12.2. The van der Waals surface area contributed by atoms with E-state index in [0.29, 0.717) is 28.5 Å². The fourth-order valence-electron chi connectivity index (χ4n) is 2.44. The van der Waals surface area contributed by atoms with Crippen LogP contribution in [0.1, 0.15) is 5.56 Å². The number of rotatable bonds is 8. The molecule has 0 fully saturated rings. The molecule has 28 heavy (non-hydrogen) atoms. The van der Waals surface area contributed by atoms with Crippen molar-refractivity contribution in [1.29, 1.82) is 0 Å². The van der Waals surface area contributed by atoms with Crippen molar-refractivity contribution in [2.24, 2.45) is 0 Å². The summed E-state index contributed by atoms with van der Waals surface area (Å²) in [6, 6.07) is 7.30. The highest BCUT2D eigenvalue weighted by atomic mass is 16.6. The number of carbonyl (C=O) groups excluding carboxylic acids is 1. The van der Waals surface area contributed by atoms with E-state index >= 15 is 0 Å². The van der Waals surface area contributed by atoms with Gasteiger partial charge in [0.1, 0.15) is 5.75 Å². The van der Waals surface area contributed by atoms with E-state index in [1.165, 1.54) is 52.7 Å². The van der Waals surface area contributed by atoms with Crippen LogP contribution >= 0.6 is 0 Å². The Morgan fingerprint density at radius 3 is 2.07 bits per heavy atom. The van der Waals surface area contributed by atoms with E-state index in [2.05, 4.69) is 5.32 Å². The number of amides is 1. The molecule has 0 saturated carbocycles. The van der Waals surface area contributed by atoms with E-state index in [1.807, 2.05) is 0 Å². The van der Waals surface area contributed by atoms with Crippen LogP contribution in [0.25, 0.3) is 6.08 Å². The molecule has 9 nitrogen and oxygen atoms in total. The Labute approximate surface area is 161 Å². The van der Waals surface area contributed by atoms with Crippen LogP contribution in [0, 0.1) is 10.1 Å². The topological polar surface area (TPSA) is 109 Å². The number of benzene rings is 2. The van der Waals surface area contributed by atoms with Gasteiger partial charge in [0.05, 0.1) is 45.1 Å². The molecule has 0 saturated heterocycles. The number of nitrogens with one attached hydrogen (secondary N) is 1. The highest BCUT2D eigenvalue weighted by Gasteiger charge is 2.14. The fourth-order valence-corrected chi connectivity index (χ4v) is 2.44. The van der Waals surface area contributed by atoms with Crippen LogP contribution in [0.15, 0.2) is 36.4 Å². The zero-order valence-corrected chi connectivity index (χ0v) is 15.8. The third-order valence-corrected chi connectivity index (χ3v) is 3.77. The summed E-state index contributed by atoms with van der Waals surface area (Å²) in [6.07, 6.45) is 2.87. The summed E-state index contributed by atoms with van der Waals surface area (Å²) < 4.78 is 20.9. The standard InChI is InChI=1S/C19H20N2O7/c1-25-15-11-13(21(23)24)6-7-14(15)20-18(22)8-5-12-9-16(26-2)19(28-4)17(10-12)27-3/h5-11H,1-4H3,(H,20,22). The lowest BCUT2D eigenvalue weighted by atomic mass is 10.1. The van der Waals surface area contributed by atoms with Crippen LogP contribution < -0.4 is 24.3 Å². The summed E-state index contributed by atoms with van der Waals surface area (Å²) >= 11 is 0. The van der Waals surface area contributed by atoms with Gasteiger partial charge in [0.15, 0.2) is 11.5 Å². The first-order chi connectivity index (χ1) is 13.4.